The summed E-state index contributed by atoms with van der Waals surface area (Å²) >= 11 is 0. The molecule has 4 rings (SSSR count). The van der Waals surface area contributed by atoms with Crippen LogP contribution in [0.3, 0.4) is 0 Å². The van der Waals surface area contributed by atoms with E-state index in [0.717, 1.165) is 30.9 Å². The minimum atomic E-state index is 0.884. The summed E-state index contributed by atoms with van der Waals surface area (Å²) in [5.74, 6) is 0. The van der Waals surface area contributed by atoms with Crippen molar-refractivity contribution in [3.05, 3.63) is 77.6 Å². The van der Waals surface area contributed by atoms with Gasteiger partial charge in [-0.3, -0.25) is 4.90 Å². The second-order valence-electron chi connectivity index (χ2n) is 5.50. The van der Waals surface area contributed by atoms with Crippen LogP contribution >= 0.6 is 0 Å². The minimum absolute atomic E-state index is 0.884. The zero-order valence-corrected chi connectivity index (χ0v) is 11.7. The predicted molar refractivity (Wildman–Crippen MR) is 81.3 cm³/mol. The van der Waals surface area contributed by atoms with Gasteiger partial charge in [-0.1, -0.05) is 53.7 Å². The molecular weight excluding hydrogens is 260 g/mol. The second-order valence-corrected chi connectivity index (χ2v) is 5.50. The molecular formula is C18H16N2O. The highest BCUT2D eigenvalue weighted by molar-refractivity contribution is 5.58. The van der Waals surface area contributed by atoms with Gasteiger partial charge in [0.25, 0.3) is 0 Å². The Kier molecular flexibility index (Phi) is 3.05. The van der Waals surface area contributed by atoms with E-state index in [-0.39, 0.29) is 0 Å². The van der Waals surface area contributed by atoms with Crippen molar-refractivity contribution >= 4 is 0 Å². The Hall–Kier alpha value is -2.39. The quantitative estimate of drug-likeness (QED) is 0.727. The molecule has 1 aliphatic heterocycles. The summed E-state index contributed by atoms with van der Waals surface area (Å²) in [7, 11) is 0. The number of aromatic nitrogens is 1. The van der Waals surface area contributed by atoms with Crippen molar-refractivity contribution < 1.29 is 4.52 Å². The van der Waals surface area contributed by atoms with E-state index < -0.39 is 0 Å². The average Bonchev–Trinajstić information content (AvgIpc) is 3.17. The van der Waals surface area contributed by atoms with Crippen molar-refractivity contribution in [3.63, 3.8) is 0 Å². The number of hydrogen-bond acceptors (Lipinski definition) is 3. The molecule has 1 aliphatic rings. The first-order valence-corrected chi connectivity index (χ1v) is 7.17. The van der Waals surface area contributed by atoms with E-state index >= 15 is 0 Å². The van der Waals surface area contributed by atoms with Crippen molar-refractivity contribution in [1.82, 2.24) is 10.1 Å². The molecule has 2 aromatic carbocycles. The Morgan fingerprint density at radius 1 is 0.905 bits per heavy atom. The van der Waals surface area contributed by atoms with Crippen molar-refractivity contribution in [2.75, 3.05) is 0 Å². The Bertz CT molecular complexity index is 707. The van der Waals surface area contributed by atoms with Crippen molar-refractivity contribution in [2.45, 2.75) is 19.6 Å². The summed E-state index contributed by atoms with van der Waals surface area (Å²) in [5, 5.41) is 3.96. The van der Waals surface area contributed by atoms with Crippen LogP contribution in [0.15, 0.2) is 65.4 Å². The summed E-state index contributed by atoms with van der Waals surface area (Å²) < 4.78 is 4.88. The molecule has 2 heterocycles. The molecule has 0 bridgehead atoms. The second kappa shape index (κ2) is 5.19. The van der Waals surface area contributed by atoms with Gasteiger partial charge in [-0.2, -0.15) is 0 Å². The standard InChI is InChI=1S/C18H16N2O/c1-2-4-17-13-20(12-16(17)3-1)11-14-5-7-15(8-6-14)18-9-10-21-19-18/h1-10H,11-13H2. The lowest BCUT2D eigenvalue weighted by atomic mass is 10.1. The summed E-state index contributed by atoms with van der Waals surface area (Å²) in [6, 6.07) is 19.1. The van der Waals surface area contributed by atoms with Crippen LogP contribution in [0, 0.1) is 0 Å². The fraction of sp³-hybridized carbons (Fsp3) is 0.167. The van der Waals surface area contributed by atoms with Gasteiger partial charge < -0.3 is 4.52 Å². The fourth-order valence-electron chi connectivity index (χ4n) is 2.92. The molecule has 0 unspecified atom stereocenters. The summed E-state index contributed by atoms with van der Waals surface area (Å²) in [6.45, 7) is 3.07. The molecule has 3 aromatic rings. The van der Waals surface area contributed by atoms with E-state index in [1.165, 1.54) is 16.7 Å². The molecule has 0 amide bonds. The molecule has 21 heavy (non-hydrogen) atoms. The zero-order valence-electron chi connectivity index (χ0n) is 11.7. The molecule has 3 heteroatoms. The molecule has 0 saturated heterocycles. The molecule has 0 N–H and O–H groups in total. The molecule has 0 spiro atoms. The van der Waals surface area contributed by atoms with Crippen LogP contribution in [-0.4, -0.2) is 10.1 Å². The molecule has 104 valence electrons. The molecule has 0 fully saturated rings. The maximum Gasteiger partial charge on any atom is 0.124 e. The average molecular weight is 276 g/mol. The lowest BCUT2D eigenvalue weighted by Crippen LogP contribution is -2.15. The normalized spacial score (nSPS) is 14.3. The smallest absolute Gasteiger partial charge is 0.124 e. The van der Waals surface area contributed by atoms with Gasteiger partial charge in [-0.05, 0) is 16.7 Å². The first kappa shape index (κ1) is 12.4. The Morgan fingerprint density at radius 2 is 1.62 bits per heavy atom. The largest absolute Gasteiger partial charge is 0.364 e. The third-order valence-corrected chi connectivity index (χ3v) is 4.00. The van der Waals surface area contributed by atoms with Gasteiger partial charge >= 0.3 is 0 Å². The van der Waals surface area contributed by atoms with E-state index in [4.69, 9.17) is 4.52 Å². The highest BCUT2D eigenvalue weighted by atomic mass is 16.5. The summed E-state index contributed by atoms with van der Waals surface area (Å²) in [5.41, 5.74) is 6.22. The fourth-order valence-corrected chi connectivity index (χ4v) is 2.92. The van der Waals surface area contributed by atoms with E-state index in [2.05, 4.69) is 58.6 Å². The van der Waals surface area contributed by atoms with Gasteiger partial charge in [0, 0.05) is 31.3 Å². The van der Waals surface area contributed by atoms with E-state index in [0.29, 0.717) is 0 Å². The maximum atomic E-state index is 4.88. The summed E-state index contributed by atoms with van der Waals surface area (Å²) in [4.78, 5) is 2.47. The van der Waals surface area contributed by atoms with Gasteiger partial charge in [0.1, 0.15) is 12.0 Å². The highest BCUT2D eigenvalue weighted by Gasteiger charge is 2.17. The minimum Gasteiger partial charge on any atom is -0.364 e. The van der Waals surface area contributed by atoms with Crippen LogP contribution in [0.25, 0.3) is 11.3 Å². The third kappa shape index (κ3) is 2.48. The first-order valence-electron chi connectivity index (χ1n) is 7.17. The number of benzene rings is 2. The first-order chi connectivity index (χ1) is 10.4. The van der Waals surface area contributed by atoms with E-state index in [1.54, 1.807) is 6.26 Å². The predicted octanol–water partition coefficient (Wildman–Crippen LogP) is 3.86. The third-order valence-electron chi connectivity index (χ3n) is 4.00. The highest BCUT2D eigenvalue weighted by Crippen LogP contribution is 2.24. The Morgan fingerprint density at radius 3 is 2.24 bits per heavy atom. The number of hydrogen-bond donors (Lipinski definition) is 0. The van der Waals surface area contributed by atoms with Gasteiger partial charge in [0.15, 0.2) is 0 Å². The van der Waals surface area contributed by atoms with Gasteiger partial charge in [0.05, 0.1) is 0 Å². The van der Waals surface area contributed by atoms with Crippen LogP contribution in [-0.2, 0) is 19.6 Å². The van der Waals surface area contributed by atoms with Crippen LogP contribution in [0.2, 0.25) is 0 Å². The Balaban J connectivity index is 1.47. The topological polar surface area (TPSA) is 29.3 Å². The molecule has 1 aromatic heterocycles. The van der Waals surface area contributed by atoms with Crippen LogP contribution in [0.5, 0.6) is 0 Å². The van der Waals surface area contributed by atoms with Gasteiger partial charge in [-0.25, -0.2) is 0 Å². The lowest BCUT2D eigenvalue weighted by Gasteiger charge is -2.14. The van der Waals surface area contributed by atoms with Crippen LogP contribution in [0.1, 0.15) is 16.7 Å². The number of rotatable bonds is 3. The SMILES string of the molecule is c1ccc2c(c1)CN(Cc1ccc(-c3ccon3)cc1)C2. The molecule has 3 nitrogen and oxygen atoms in total. The summed E-state index contributed by atoms with van der Waals surface area (Å²) in [6.07, 6.45) is 1.60. The van der Waals surface area contributed by atoms with Gasteiger partial charge in [0.2, 0.25) is 0 Å². The van der Waals surface area contributed by atoms with Crippen LogP contribution in [0.4, 0.5) is 0 Å². The molecule has 0 radical (unpaired) electrons. The van der Waals surface area contributed by atoms with Crippen molar-refractivity contribution in [2.24, 2.45) is 0 Å². The number of fused-ring (bicyclic) bond motifs is 1. The monoisotopic (exact) mass is 276 g/mol. The number of nitrogens with zero attached hydrogens (tertiary/aromatic N) is 2. The van der Waals surface area contributed by atoms with E-state index in [1.807, 2.05) is 6.07 Å². The van der Waals surface area contributed by atoms with Crippen molar-refractivity contribution in [3.8, 4) is 11.3 Å². The van der Waals surface area contributed by atoms with E-state index in [9.17, 15) is 0 Å². The Labute approximate surface area is 123 Å². The lowest BCUT2D eigenvalue weighted by molar-refractivity contribution is 0.275. The molecule has 0 aliphatic carbocycles. The molecule has 0 atom stereocenters. The van der Waals surface area contributed by atoms with Crippen molar-refractivity contribution in [1.29, 1.82) is 0 Å². The van der Waals surface area contributed by atoms with Crippen LogP contribution < -0.4 is 0 Å². The van der Waals surface area contributed by atoms with Gasteiger partial charge in [-0.15, -0.1) is 0 Å². The zero-order chi connectivity index (χ0) is 14.1. The maximum absolute atomic E-state index is 4.88. The molecule has 0 saturated carbocycles.